The molecule has 0 radical (unpaired) electrons. The predicted molar refractivity (Wildman–Crippen MR) is 76.0 cm³/mol. The fraction of sp³-hybridized carbons (Fsp3) is 0.417. The van der Waals surface area contributed by atoms with Crippen LogP contribution in [-0.2, 0) is 10.8 Å². The van der Waals surface area contributed by atoms with Crippen molar-refractivity contribution in [1.29, 1.82) is 0 Å². The van der Waals surface area contributed by atoms with E-state index in [0.717, 1.165) is 11.1 Å². The smallest absolute Gasteiger partial charge is 0.184 e. The number of para-hydroxylation sites is 1. The van der Waals surface area contributed by atoms with Crippen LogP contribution in [0.25, 0.3) is 11.4 Å². The van der Waals surface area contributed by atoms with E-state index in [-0.39, 0.29) is 6.04 Å². The molecule has 0 fully saturated rings. The first-order valence-electron chi connectivity index (χ1n) is 5.94. The molecule has 0 aliphatic heterocycles. The van der Waals surface area contributed by atoms with E-state index in [1.807, 2.05) is 32.0 Å². The van der Waals surface area contributed by atoms with Crippen LogP contribution in [0.15, 0.2) is 18.2 Å². The molecular formula is C12H17N5OS. The van der Waals surface area contributed by atoms with Crippen molar-refractivity contribution in [2.75, 3.05) is 17.7 Å². The monoisotopic (exact) mass is 279 g/mol. The molecule has 2 aromatic rings. The fourth-order valence-corrected chi connectivity index (χ4v) is 2.77. The van der Waals surface area contributed by atoms with Crippen LogP contribution >= 0.6 is 0 Å². The van der Waals surface area contributed by atoms with Gasteiger partial charge in [0.2, 0.25) is 0 Å². The number of rotatable bonds is 4. The Morgan fingerprint density at radius 2 is 2.21 bits per heavy atom. The quantitative estimate of drug-likeness (QED) is 0.849. The largest absolute Gasteiger partial charge is 0.398 e. The second kappa shape index (κ2) is 5.48. The summed E-state index contributed by atoms with van der Waals surface area (Å²) in [6, 6.07) is 5.70. The van der Waals surface area contributed by atoms with Crippen molar-refractivity contribution in [3.8, 4) is 11.4 Å². The van der Waals surface area contributed by atoms with Crippen molar-refractivity contribution in [3.05, 3.63) is 23.8 Å². The van der Waals surface area contributed by atoms with Crippen LogP contribution in [0.3, 0.4) is 0 Å². The van der Waals surface area contributed by atoms with Crippen molar-refractivity contribution in [1.82, 2.24) is 20.2 Å². The van der Waals surface area contributed by atoms with Crippen molar-refractivity contribution in [2.45, 2.75) is 19.9 Å². The lowest BCUT2D eigenvalue weighted by Crippen LogP contribution is -2.16. The first-order valence-corrected chi connectivity index (χ1v) is 7.66. The molecule has 2 unspecified atom stereocenters. The lowest BCUT2D eigenvalue weighted by atomic mass is 10.1. The molecule has 6 nitrogen and oxygen atoms in total. The summed E-state index contributed by atoms with van der Waals surface area (Å²) in [5.74, 6) is 1.11. The second-order valence-electron chi connectivity index (χ2n) is 4.57. The van der Waals surface area contributed by atoms with Crippen LogP contribution in [0.2, 0.25) is 0 Å². The van der Waals surface area contributed by atoms with Gasteiger partial charge < -0.3 is 5.73 Å². The lowest BCUT2D eigenvalue weighted by molar-refractivity contribution is 0.521. The molecule has 0 saturated heterocycles. The van der Waals surface area contributed by atoms with E-state index >= 15 is 0 Å². The number of nitrogens with zero attached hydrogens (tertiary/aromatic N) is 4. The highest BCUT2D eigenvalue weighted by molar-refractivity contribution is 7.84. The van der Waals surface area contributed by atoms with E-state index in [0.29, 0.717) is 17.3 Å². The van der Waals surface area contributed by atoms with Crippen LogP contribution in [0.5, 0.6) is 0 Å². The van der Waals surface area contributed by atoms with Gasteiger partial charge in [-0.15, -0.1) is 5.10 Å². The first-order chi connectivity index (χ1) is 9.00. The average Bonchev–Trinajstić information content (AvgIpc) is 2.80. The highest BCUT2D eigenvalue weighted by Gasteiger charge is 2.17. The van der Waals surface area contributed by atoms with Gasteiger partial charge in [0.25, 0.3) is 0 Å². The van der Waals surface area contributed by atoms with E-state index in [4.69, 9.17) is 5.73 Å². The van der Waals surface area contributed by atoms with Gasteiger partial charge in [-0.25, -0.2) is 4.68 Å². The summed E-state index contributed by atoms with van der Waals surface area (Å²) in [5.41, 5.74) is 8.53. The Hall–Kier alpha value is -1.76. The van der Waals surface area contributed by atoms with Crippen molar-refractivity contribution < 1.29 is 4.21 Å². The first kappa shape index (κ1) is 13.7. The van der Waals surface area contributed by atoms with Crippen LogP contribution in [0.4, 0.5) is 5.69 Å². The van der Waals surface area contributed by atoms with Gasteiger partial charge >= 0.3 is 0 Å². The van der Waals surface area contributed by atoms with Gasteiger partial charge in [-0.2, -0.15) is 0 Å². The van der Waals surface area contributed by atoms with Gasteiger partial charge in [-0.1, -0.05) is 12.1 Å². The minimum atomic E-state index is -0.902. The van der Waals surface area contributed by atoms with Gasteiger partial charge in [-0.3, -0.25) is 4.21 Å². The zero-order valence-electron chi connectivity index (χ0n) is 11.2. The minimum absolute atomic E-state index is 0.0456. The van der Waals surface area contributed by atoms with Crippen LogP contribution in [0, 0.1) is 6.92 Å². The van der Waals surface area contributed by atoms with Gasteiger partial charge in [-0.05, 0) is 35.9 Å². The van der Waals surface area contributed by atoms with Crippen molar-refractivity contribution in [2.24, 2.45) is 0 Å². The molecule has 2 atom stereocenters. The number of aromatic nitrogens is 4. The standard InChI is InChI=1S/C12H17N5OS/c1-8-5-4-6-10(11(8)13)12-14-15-16-17(12)9(2)7-19(3)18/h4-6,9H,7,13H2,1-3H3. The molecule has 7 heteroatoms. The molecule has 1 heterocycles. The Kier molecular flexibility index (Phi) is 3.94. The molecule has 0 aliphatic carbocycles. The molecule has 0 spiro atoms. The topological polar surface area (TPSA) is 86.7 Å². The van der Waals surface area contributed by atoms with E-state index in [9.17, 15) is 4.21 Å². The third-order valence-electron chi connectivity index (χ3n) is 2.95. The highest BCUT2D eigenvalue weighted by Crippen LogP contribution is 2.27. The Morgan fingerprint density at radius 3 is 2.89 bits per heavy atom. The highest BCUT2D eigenvalue weighted by atomic mass is 32.2. The summed E-state index contributed by atoms with van der Waals surface area (Å²) in [7, 11) is -0.902. The lowest BCUT2D eigenvalue weighted by Gasteiger charge is -2.13. The summed E-state index contributed by atoms with van der Waals surface area (Å²) in [4.78, 5) is 0. The van der Waals surface area contributed by atoms with E-state index in [2.05, 4.69) is 15.5 Å². The SMILES string of the molecule is Cc1cccc(-c2nnnn2C(C)CS(C)=O)c1N. The maximum atomic E-state index is 11.3. The fourth-order valence-electron chi connectivity index (χ4n) is 1.95. The number of aryl methyl sites for hydroxylation is 1. The van der Waals surface area contributed by atoms with Crippen LogP contribution in [-0.4, -0.2) is 36.4 Å². The Morgan fingerprint density at radius 1 is 1.47 bits per heavy atom. The summed E-state index contributed by atoms with van der Waals surface area (Å²) < 4.78 is 13.0. The summed E-state index contributed by atoms with van der Waals surface area (Å²) >= 11 is 0. The Bertz CT molecular complexity index is 610. The number of benzene rings is 1. The number of tetrazole rings is 1. The van der Waals surface area contributed by atoms with Crippen LogP contribution < -0.4 is 5.73 Å². The summed E-state index contributed by atoms with van der Waals surface area (Å²) in [6.07, 6.45) is 1.67. The molecule has 0 aliphatic rings. The van der Waals surface area contributed by atoms with Crippen molar-refractivity contribution >= 4 is 16.5 Å². The molecule has 1 aromatic heterocycles. The Labute approximate surface area is 114 Å². The third kappa shape index (κ3) is 2.81. The number of nitrogens with two attached hydrogens (primary N) is 1. The molecule has 0 amide bonds. The summed E-state index contributed by atoms with van der Waals surface area (Å²) in [6.45, 7) is 3.88. The van der Waals surface area contributed by atoms with Gasteiger partial charge in [0.15, 0.2) is 5.82 Å². The zero-order chi connectivity index (χ0) is 14.0. The van der Waals surface area contributed by atoms with E-state index in [1.165, 1.54) is 0 Å². The second-order valence-corrected chi connectivity index (χ2v) is 6.05. The molecule has 1 aromatic carbocycles. The number of hydrogen-bond acceptors (Lipinski definition) is 5. The minimum Gasteiger partial charge on any atom is -0.398 e. The Balaban J connectivity index is 2.44. The molecule has 0 saturated carbocycles. The van der Waals surface area contributed by atoms with Gasteiger partial charge in [0.1, 0.15) is 0 Å². The zero-order valence-corrected chi connectivity index (χ0v) is 12.0. The molecule has 102 valence electrons. The molecule has 2 N–H and O–H groups in total. The maximum absolute atomic E-state index is 11.3. The molecule has 19 heavy (non-hydrogen) atoms. The van der Waals surface area contributed by atoms with E-state index in [1.54, 1.807) is 10.9 Å². The number of anilines is 1. The maximum Gasteiger partial charge on any atom is 0.184 e. The molecule has 2 rings (SSSR count). The molecular weight excluding hydrogens is 262 g/mol. The third-order valence-corrected chi connectivity index (χ3v) is 3.90. The number of hydrogen-bond donors (Lipinski definition) is 1. The average molecular weight is 279 g/mol. The predicted octanol–water partition coefficient (Wildman–Crippen LogP) is 1.17. The van der Waals surface area contributed by atoms with Gasteiger partial charge in [0.05, 0.1) is 6.04 Å². The normalized spacial score (nSPS) is 14.3. The molecule has 0 bridgehead atoms. The van der Waals surface area contributed by atoms with Crippen molar-refractivity contribution in [3.63, 3.8) is 0 Å². The van der Waals surface area contributed by atoms with Crippen LogP contribution in [0.1, 0.15) is 18.5 Å². The van der Waals surface area contributed by atoms with Gasteiger partial charge in [0, 0.05) is 34.1 Å². The van der Waals surface area contributed by atoms with E-state index < -0.39 is 10.8 Å². The number of nitrogen functional groups attached to an aromatic ring is 1. The summed E-state index contributed by atoms with van der Waals surface area (Å²) in [5, 5.41) is 11.7.